The van der Waals surface area contributed by atoms with Gasteiger partial charge in [-0.2, -0.15) is 0 Å². The fourth-order valence-electron chi connectivity index (χ4n) is 3.70. The van der Waals surface area contributed by atoms with Gasteiger partial charge in [0.15, 0.2) is 0 Å². The van der Waals surface area contributed by atoms with Gasteiger partial charge in [-0.1, -0.05) is 41.9 Å². The van der Waals surface area contributed by atoms with Crippen LogP contribution in [0.25, 0.3) is 0 Å². The third kappa shape index (κ3) is 5.23. The molecule has 0 aliphatic rings. The van der Waals surface area contributed by atoms with Crippen molar-refractivity contribution in [1.82, 2.24) is 4.98 Å². The van der Waals surface area contributed by atoms with E-state index in [0.29, 0.717) is 27.7 Å². The van der Waals surface area contributed by atoms with Crippen molar-refractivity contribution in [3.8, 4) is 0 Å². The molecule has 4 rings (SSSR count). The van der Waals surface area contributed by atoms with Crippen molar-refractivity contribution in [3.63, 3.8) is 0 Å². The summed E-state index contributed by atoms with van der Waals surface area (Å²) in [7, 11) is -4.44. The largest absolute Gasteiger partial charge is 0.396 e. The van der Waals surface area contributed by atoms with Crippen LogP contribution in [-0.2, 0) is 16.4 Å². The van der Waals surface area contributed by atoms with E-state index in [0.717, 1.165) is 27.4 Å². The second-order valence-electron chi connectivity index (χ2n) is 7.70. The van der Waals surface area contributed by atoms with Crippen LogP contribution in [0.1, 0.15) is 27.2 Å². The highest BCUT2D eigenvalue weighted by atomic mass is 35.5. The molecule has 3 aromatic carbocycles. The zero-order valence-electron chi connectivity index (χ0n) is 18.5. The van der Waals surface area contributed by atoms with Crippen LogP contribution in [0, 0.1) is 18.6 Å². The Balaban J connectivity index is 2.03. The molecule has 182 valence electrons. The second-order valence-corrected chi connectivity index (χ2v) is 11.1. The molecule has 35 heavy (non-hydrogen) atoms. The lowest BCUT2D eigenvalue weighted by Gasteiger charge is -2.32. The number of sulfonamides is 1. The van der Waals surface area contributed by atoms with E-state index in [1.165, 1.54) is 35.6 Å². The van der Waals surface area contributed by atoms with Crippen molar-refractivity contribution in [1.29, 1.82) is 0 Å². The summed E-state index contributed by atoms with van der Waals surface area (Å²) in [5, 5.41) is 10.1. The number of halogens is 3. The average molecular weight is 535 g/mol. The van der Waals surface area contributed by atoms with Crippen molar-refractivity contribution in [2.75, 3.05) is 10.9 Å². The minimum absolute atomic E-state index is 0.107. The topological polar surface area (TPSA) is 70.5 Å². The van der Waals surface area contributed by atoms with E-state index in [-0.39, 0.29) is 11.5 Å². The van der Waals surface area contributed by atoms with Crippen LogP contribution in [0.2, 0.25) is 5.02 Å². The number of aryl methyl sites for hydroxylation is 1. The van der Waals surface area contributed by atoms with Gasteiger partial charge < -0.3 is 5.11 Å². The number of aliphatic hydroxyl groups is 1. The van der Waals surface area contributed by atoms with Crippen molar-refractivity contribution in [2.24, 2.45) is 0 Å². The molecule has 1 N–H and O–H groups in total. The van der Waals surface area contributed by atoms with Crippen LogP contribution in [-0.4, -0.2) is 25.1 Å². The highest BCUT2D eigenvalue weighted by Crippen LogP contribution is 2.41. The predicted molar refractivity (Wildman–Crippen MR) is 133 cm³/mol. The SMILES string of the molecule is Cc1nc(C(c2ccccc2)N(c2cc(F)ccc2F)S(=O)(=O)c2ccc(Cl)cc2)sc1CCO. The van der Waals surface area contributed by atoms with Crippen LogP contribution in [0.3, 0.4) is 0 Å². The summed E-state index contributed by atoms with van der Waals surface area (Å²) < 4.78 is 58.5. The first kappa shape index (κ1) is 25.2. The van der Waals surface area contributed by atoms with Gasteiger partial charge in [0.25, 0.3) is 10.0 Å². The number of hydrogen-bond acceptors (Lipinski definition) is 5. The molecular weight excluding hydrogens is 514 g/mol. The molecule has 5 nitrogen and oxygen atoms in total. The number of hydrogen-bond donors (Lipinski definition) is 1. The molecule has 1 heterocycles. The Kier molecular flexibility index (Phi) is 7.51. The van der Waals surface area contributed by atoms with E-state index in [4.69, 9.17) is 11.6 Å². The second kappa shape index (κ2) is 10.4. The van der Waals surface area contributed by atoms with E-state index >= 15 is 4.39 Å². The van der Waals surface area contributed by atoms with E-state index in [9.17, 15) is 17.9 Å². The van der Waals surface area contributed by atoms with Gasteiger partial charge in [0.1, 0.15) is 22.7 Å². The Bertz CT molecular complexity index is 1430. The van der Waals surface area contributed by atoms with Gasteiger partial charge in [0.05, 0.1) is 16.3 Å². The summed E-state index contributed by atoms with van der Waals surface area (Å²) in [6.07, 6.45) is 0.337. The number of aliphatic hydroxyl groups excluding tert-OH is 1. The Morgan fingerprint density at radius 3 is 2.40 bits per heavy atom. The van der Waals surface area contributed by atoms with E-state index in [1.807, 2.05) is 0 Å². The van der Waals surface area contributed by atoms with Gasteiger partial charge in [-0.15, -0.1) is 11.3 Å². The Labute approximate surface area is 211 Å². The number of thiazole rings is 1. The summed E-state index contributed by atoms with van der Waals surface area (Å²) in [4.78, 5) is 5.22. The predicted octanol–water partition coefficient (Wildman–Crippen LogP) is 5.90. The molecule has 0 bridgehead atoms. The van der Waals surface area contributed by atoms with Crippen LogP contribution in [0.4, 0.5) is 14.5 Å². The molecule has 0 radical (unpaired) electrons. The lowest BCUT2D eigenvalue weighted by molar-refractivity contribution is 0.300. The summed E-state index contributed by atoms with van der Waals surface area (Å²) >= 11 is 7.18. The van der Waals surface area contributed by atoms with Crippen molar-refractivity contribution in [2.45, 2.75) is 24.3 Å². The monoisotopic (exact) mass is 534 g/mol. The third-order valence-corrected chi connectivity index (χ3v) is 8.66. The van der Waals surface area contributed by atoms with Crippen molar-refractivity contribution >= 4 is 38.6 Å². The van der Waals surface area contributed by atoms with Crippen molar-refractivity contribution < 1.29 is 22.3 Å². The highest BCUT2D eigenvalue weighted by molar-refractivity contribution is 7.92. The van der Waals surface area contributed by atoms with Crippen LogP contribution >= 0.6 is 22.9 Å². The van der Waals surface area contributed by atoms with Crippen LogP contribution in [0.5, 0.6) is 0 Å². The molecular formula is C25H21ClF2N2O3S2. The number of anilines is 1. The van der Waals surface area contributed by atoms with Gasteiger partial charge in [-0.3, -0.25) is 0 Å². The summed E-state index contributed by atoms with van der Waals surface area (Å²) in [6.45, 7) is 1.65. The molecule has 1 atom stereocenters. The molecule has 1 unspecified atom stereocenters. The van der Waals surface area contributed by atoms with Gasteiger partial charge in [-0.05, 0) is 48.9 Å². The summed E-state index contributed by atoms with van der Waals surface area (Å²) in [6, 6.07) is 15.7. The van der Waals surface area contributed by atoms with E-state index in [2.05, 4.69) is 4.98 Å². The molecule has 0 fully saturated rings. The van der Waals surface area contributed by atoms with Gasteiger partial charge >= 0.3 is 0 Å². The molecule has 4 aromatic rings. The summed E-state index contributed by atoms with van der Waals surface area (Å²) in [5.41, 5.74) is 0.687. The lowest BCUT2D eigenvalue weighted by atomic mass is 10.1. The van der Waals surface area contributed by atoms with Gasteiger partial charge in [0.2, 0.25) is 0 Å². The molecule has 0 amide bonds. The van der Waals surface area contributed by atoms with Gasteiger partial charge in [-0.25, -0.2) is 26.5 Å². The Morgan fingerprint density at radius 1 is 1.06 bits per heavy atom. The fraction of sp³-hybridized carbons (Fsp3) is 0.160. The maximum absolute atomic E-state index is 15.2. The molecule has 0 saturated carbocycles. The van der Waals surface area contributed by atoms with E-state index < -0.39 is 33.4 Å². The molecule has 0 aliphatic carbocycles. The smallest absolute Gasteiger partial charge is 0.265 e. The number of nitrogens with zero attached hydrogens (tertiary/aromatic N) is 2. The fourth-order valence-corrected chi connectivity index (χ4v) is 6.67. The molecule has 0 spiro atoms. The first-order valence-electron chi connectivity index (χ1n) is 10.6. The maximum atomic E-state index is 15.2. The minimum Gasteiger partial charge on any atom is -0.396 e. The number of benzene rings is 3. The average Bonchev–Trinajstić information content (AvgIpc) is 3.19. The van der Waals surface area contributed by atoms with Crippen molar-refractivity contribution in [3.05, 3.63) is 111 Å². The summed E-state index contributed by atoms with van der Waals surface area (Å²) in [5.74, 6) is -1.70. The zero-order chi connectivity index (χ0) is 25.2. The number of rotatable bonds is 8. The maximum Gasteiger partial charge on any atom is 0.265 e. The minimum atomic E-state index is -4.44. The van der Waals surface area contributed by atoms with Crippen LogP contribution in [0.15, 0.2) is 77.7 Å². The zero-order valence-corrected chi connectivity index (χ0v) is 20.9. The Hall–Kier alpha value is -2.85. The normalized spacial score (nSPS) is 12.5. The quantitative estimate of drug-likeness (QED) is 0.305. The van der Waals surface area contributed by atoms with E-state index in [1.54, 1.807) is 37.3 Å². The van der Waals surface area contributed by atoms with Crippen LogP contribution < -0.4 is 4.31 Å². The highest BCUT2D eigenvalue weighted by Gasteiger charge is 2.38. The molecule has 1 aromatic heterocycles. The lowest BCUT2D eigenvalue weighted by Crippen LogP contribution is -2.36. The first-order chi connectivity index (χ1) is 16.7. The Morgan fingerprint density at radius 2 is 1.74 bits per heavy atom. The molecule has 0 saturated heterocycles. The molecule has 10 heteroatoms. The first-order valence-corrected chi connectivity index (χ1v) is 13.2. The third-order valence-electron chi connectivity index (χ3n) is 5.35. The standard InChI is InChI=1S/C25H21ClF2N2O3S2/c1-16-23(13-14-31)34-25(29-16)24(17-5-3-2-4-6-17)30(22-15-19(27)9-12-21(22)28)35(32,33)20-10-7-18(26)8-11-20/h2-12,15,24,31H,13-14H2,1H3. The number of aromatic nitrogens is 1. The van der Waals surface area contributed by atoms with Gasteiger partial charge in [0, 0.05) is 29.0 Å². The molecule has 0 aliphatic heterocycles.